The van der Waals surface area contributed by atoms with E-state index in [1.54, 1.807) is 12.1 Å². The summed E-state index contributed by atoms with van der Waals surface area (Å²) < 4.78 is 18.5. The molecule has 1 aromatic carbocycles. The van der Waals surface area contributed by atoms with Gasteiger partial charge in [0.1, 0.15) is 12.4 Å². The molecule has 0 saturated carbocycles. The summed E-state index contributed by atoms with van der Waals surface area (Å²) in [5, 5.41) is 2.27. The SMILES string of the molecule is CNC(=O)OCc1ccc(Br)cc1F. The van der Waals surface area contributed by atoms with Gasteiger partial charge in [-0.15, -0.1) is 0 Å². The number of rotatable bonds is 2. The predicted octanol–water partition coefficient (Wildman–Crippen LogP) is 2.44. The normalized spacial score (nSPS) is 9.64. The first-order valence-corrected chi connectivity index (χ1v) is 4.71. The molecule has 3 nitrogen and oxygen atoms in total. The van der Waals surface area contributed by atoms with Crippen LogP contribution in [0.15, 0.2) is 22.7 Å². The van der Waals surface area contributed by atoms with Crippen molar-refractivity contribution in [2.24, 2.45) is 0 Å². The van der Waals surface area contributed by atoms with E-state index in [-0.39, 0.29) is 6.61 Å². The van der Waals surface area contributed by atoms with E-state index in [0.717, 1.165) is 0 Å². The quantitative estimate of drug-likeness (QED) is 0.888. The molecular formula is C9H9BrFNO2. The lowest BCUT2D eigenvalue weighted by Crippen LogP contribution is -2.19. The molecule has 0 unspecified atom stereocenters. The Bertz CT molecular complexity index is 344. The molecule has 0 fully saturated rings. The second-order valence-electron chi connectivity index (χ2n) is 2.56. The number of ether oxygens (including phenoxy) is 1. The van der Waals surface area contributed by atoms with Crippen molar-refractivity contribution >= 4 is 22.0 Å². The van der Waals surface area contributed by atoms with Crippen LogP contribution in [-0.4, -0.2) is 13.1 Å². The topological polar surface area (TPSA) is 38.3 Å². The van der Waals surface area contributed by atoms with Crippen LogP contribution in [0, 0.1) is 5.82 Å². The van der Waals surface area contributed by atoms with E-state index >= 15 is 0 Å². The first-order valence-electron chi connectivity index (χ1n) is 3.92. The second-order valence-corrected chi connectivity index (χ2v) is 3.48. The maximum absolute atomic E-state index is 13.2. The fourth-order valence-electron chi connectivity index (χ4n) is 0.854. The molecule has 5 heteroatoms. The maximum atomic E-state index is 13.2. The highest BCUT2D eigenvalue weighted by molar-refractivity contribution is 9.10. The first-order chi connectivity index (χ1) is 6.63. The zero-order valence-corrected chi connectivity index (χ0v) is 9.10. The third-order valence-corrected chi connectivity index (χ3v) is 2.07. The Morgan fingerprint density at radius 1 is 1.64 bits per heavy atom. The fourth-order valence-corrected chi connectivity index (χ4v) is 1.19. The van der Waals surface area contributed by atoms with Crippen molar-refractivity contribution in [3.05, 3.63) is 34.1 Å². The lowest BCUT2D eigenvalue weighted by molar-refractivity contribution is 0.140. The van der Waals surface area contributed by atoms with E-state index in [1.165, 1.54) is 13.1 Å². The molecule has 1 amide bonds. The minimum atomic E-state index is -0.577. The van der Waals surface area contributed by atoms with E-state index in [1.807, 2.05) is 0 Å². The van der Waals surface area contributed by atoms with Crippen LogP contribution in [0.4, 0.5) is 9.18 Å². The van der Waals surface area contributed by atoms with Crippen molar-refractivity contribution in [3.63, 3.8) is 0 Å². The van der Waals surface area contributed by atoms with Crippen molar-refractivity contribution in [2.45, 2.75) is 6.61 Å². The molecule has 0 spiro atoms. The molecule has 76 valence electrons. The Morgan fingerprint density at radius 2 is 2.36 bits per heavy atom. The zero-order chi connectivity index (χ0) is 10.6. The van der Waals surface area contributed by atoms with Crippen molar-refractivity contribution in [2.75, 3.05) is 7.05 Å². The number of benzene rings is 1. The van der Waals surface area contributed by atoms with E-state index in [9.17, 15) is 9.18 Å². The summed E-state index contributed by atoms with van der Waals surface area (Å²) in [6, 6.07) is 4.57. The lowest BCUT2D eigenvalue weighted by Gasteiger charge is -2.05. The summed E-state index contributed by atoms with van der Waals surface area (Å²) in [5.74, 6) is -0.400. The molecule has 1 rings (SSSR count). The minimum Gasteiger partial charge on any atom is -0.445 e. The standard InChI is InChI=1S/C9H9BrFNO2/c1-12-9(13)14-5-6-2-3-7(10)4-8(6)11/h2-4H,5H2,1H3,(H,12,13). The van der Waals surface area contributed by atoms with Crippen molar-refractivity contribution < 1.29 is 13.9 Å². The van der Waals surface area contributed by atoms with Crippen molar-refractivity contribution in [1.29, 1.82) is 0 Å². The smallest absolute Gasteiger partial charge is 0.407 e. The third kappa shape index (κ3) is 2.99. The molecule has 0 aliphatic rings. The molecule has 0 aromatic heterocycles. The average molecular weight is 262 g/mol. The number of halogens is 2. The molecule has 0 bridgehead atoms. The molecule has 0 heterocycles. The van der Waals surface area contributed by atoms with E-state index in [2.05, 4.69) is 21.2 Å². The van der Waals surface area contributed by atoms with Crippen LogP contribution in [-0.2, 0) is 11.3 Å². The number of carbonyl (C=O) groups is 1. The largest absolute Gasteiger partial charge is 0.445 e. The number of hydrogen-bond acceptors (Lipinski definition) is 2. The van der Waals surface area contributed by atoms with Crippen LogP contribution >= 0.6 is 15.9 Å². The number of hydrogen-bond donors (Lipinski definition) is 1. The third-order valence-electron chi connectivity index (χ3n) is 1.58. The number of carbonyl (C=O) groups excluding carboxylic acids is 1. The van der Waals surface area contributed by atoms with Crippen LogP contribution in [0.25, 0.3) is 0 Å². The lowest BCUT2D eigenvalue weighted by atomic mass is 10.2. The minimum absolute atomic E-state index is 0.0706. The summed E-state index contributed by atoms with van der Waals surface area (Å²) >= 11 is 3.13. The number of alkyl carbamates (subject to hydrolysis) is 1. The van der Waals surface area contributed by atoms with Crippen molar-refractivity contribution in [1.82, 2.24) is 5.32 Å². The van der Waals surface area contributed by atoms with Crippen LogP contribution in [0.1, 0.15) is 5.56 Å². The number of nitrogens with one attached hydrogen (secondary N) is 1. The molecule has 0 aliphatic heterocycles. The Balaban J connectivity index is 2.63. The Labute approximate surface area is 89.4 Å². The molecule has 1 N–H and O–H groups in total. The monoisotopic (exact) mass is 261 g/mol. The molecule has 0 atom stereocenters. The van der Waals surface area contributed by atoms with Crippen molar-refractivity contribution in [3.8, 4) is 0 Å². The zero-order valence-electron chi connectivity index (χ0n) is 7.51. The van der Waals surface area contributed by atoms with Crippen LogP contribution in [0.5, 0.6) is 0 Å². The highest BCUT2D eigenvalue weighted by atomic mass is 79.9. The van der Waals surface area contributed by atoms with Gasteiger partial charge in [0.25, 0.3) is 0 Å². The van der Waals surface area contributed by atoms with E-state index in [4.69, 9.17) is 4.74 Å². The Morgan fingerprint density at radius 3 is 2.93 bits per heavy atom. The van der Waals surface area contributed by atoms with Gasteiger partial charge in [-0.3, -0.25) is 0 Å². The molecule has 14 heavy (non-hydrogen) atoms. The van der Waals surface area contributed by atoms with Gasteiger partial charge < -0.3 is 10.1 Å². The van der Waals surface area contributed by atoms with Gasteiger partial charge >= 0.3 is 6.09 Å². The van der Waals surface area contributed by atoms with Gasteiger partial charge in [-0.05, 0) is 12.1 Å². The van der Waals surface area contributed by atoms with Gasteiger partial charge in [0.15, 0.2) is 0 Å². The first kappa shape index (κ1) is 11.0. The van der Waals surface area contributed by atoms with Gasteiger partial charge in [0, 0.05) is 17.1 Å². The summed E-state index contributed by atoms with van der Waals surface area (Å²) in [5.41, 5.74) is 0.344. The van der Waals surface area contributed by atoms with E-state index < -0.39 is 11.9 Å². The van der Waals surface area contributed by atoms with Gasteiger partial charge in [0.05, 0.1) is 0 Å². The summed E-state index contributed by atoms with van der Waals surface area (Å²) in [6.45, 7) is -0.0706. The van der Waals surface area contributed by atoms with Crippen LogP contribution in [0.2, 0.25) is 0 Å². The predicted molar refractivity (Wildman–Crippen MR) is 53.3 cm³/mol. The molecule has 0 saturated heterocycles. The summed E-state index contributed by atoms with van der Waals surface area (Å²) in [4.78, 5) is 10.7. The molecule has 0 radical (unpaired) electrons. The Kier molecular flexibility index (Phi) is 3.88. The highest BCUT2D eigenvalue weighted by Gasteiger charge is 2.05. The van der Waals surface area contributed by atoms with Crippen LogP contribution in [0.3, 0.4) is 0 Å². The second kappa shape index (κ2) is 4.95. The molecule has 1 aromatic rings. The van der Waals surface area contributed by atoms with E-state index in [0.29, 0.717) is 10.0 Å². The van der Waals surface area contributed by atoms with Gasteiger partial charge in [0.2, 0.25) is 0 Å². The summed E-state index contributed by atoms with van der Waals surface area (Å²) in [6.07, 6.45) is -0.577. The molecule has 0 aliphatic carbocycles. The van der Waals surface area contributed by atoms with Gasteiger partial charge in [-0.2, -0.15) is 0 Å². The Hall–Kier alpha value is -1.10. The van der Waals surface area contributed by atoms with Gasteiger partial charge in [-0.1, -0.05) is 22.0 Å². The fraction of sp³-hybridized carbons (Fsp3) is 0.222. The van der Waals surface area contributed by atoms with Gasteiger partial charge in [-0.25, -0.2) is 9.18 Å². The molecular weight excluding hydrogens is 253 g/mol. The maximum Gasteiger partial charge on any atom is 0.407 e. The number of amides is 1. The summed E-state index contributed by atoms with van der Waals surface area (Å²) in [7, 11) is 1.44. The highest BCUT2D eigenvalue weighted by Crippen LogP contribution is 2.15. The average Bonchev–Trinajstić information content (AvgIpc) is 2.16. The van der Waals surface area contributed by atoms with Crippen LogP contribution < -0.4 is 5.32 Å².